The number of carboxylic acids is 1. The molecule has 0 aromatic heterocycles. The van der Waals surface area contributed by atoms with E-state index in [1.165, 1.54) is 20.3 Å². The second kappa shape index (κ2) is 9.10. The minimum atomic E-state index is -1.38. The van der Waals surface area contributed by atoms with Crippen LogP contribution >= 0.6 is 15.9 Å². The molecule has 0 radical (unpaired) electrons. The molecule has 0 fully saturated rings. The fraction of sp³-hybridized carbons (Fsp3) is 0.222. The summed E-state index contributed by atoms with van der Waals surface area (Å²) >= 11 is 3.29. The largest absolute Gasteiger partial charge is 0.493 e. The molecule has 0 spiro atoms. The van der Waals surface area contributed by atoms with Crippen LogP contribution in [0.1, 0.15) is 17.2 Å². The molecular weight excluding hydrogens is 406 g/mol. The number of nitrogens with one attached hydrogen (secondary N) is 1. The van der Waals surface area contributed by atoms with E-state index >= 15 is 0 Å². The predicted molar refractivity (Wildman–Crippen MR) is 97.4 cm³/mol. The fourth-order valence-electron chi connectivity index (χ4n) is 2.33. The number of rotatable bonds is 7. The molecule has 26 heavy (non-hydrogen) atoms. The van der Waals surface area contributed by atoms with Crippen LogP contribution in [0.15, 0.2) is 46.9 Å². The summed E-state index contributed by atoms with van der Waals surface area (Å²) < 4.78 is 16.1. The number of halogens is 1. The highest BCUT2D eigenvalue weighted by Gasteiger charge is 2.28. The summed E-state index contributed by atoms with van der Waals surface area (Å²) in [6.07, 6.45) is -0.859. The SMILES string of the molecule is COc1cc(Br)cc([C@@H](NC(=O)OCc2ccccc2)C(=O)O)c1OC. The third-order valence-corrected chi connectivity index (χ3v) is 3.96. The molecular formula is C18H18BrNO6. The maximum absolute atomic E-state index is 12.1. The standard InChI is InChI=1S/C18H18BrNO6/c1-24-14-9-12(19)8-13(16(14)25-2)15(17(21)22)20-18(23)26-10-11-6-4-3-5-7-11/h3-9,15H,10H2,1-2H3,(H,20,23)(H,21,22)/t15-/m1/s1. The van der Waals surface area contributed by atoms with Gasteiger partial charge in [0, 0.05) is 10.0 Å². The van der Waals surface area contributed by atoms with Crippen LogP contribution in [0.3, 0.4) is 0 Å². The zero-order chi connectivity index (χ0) is 19.1. The second-order valence-corrected chi connectivity index (χ2v) is 6.12. The zero-order valence-corrected chi connectivity index (χ0v) is 15.8. The van der Waals surface area contributed by atoms with Gasteiger partial charge in [0.15, 0.2) is 17.5 Å². The van der Waals surface area contributed by atoms with E-state index in [4.69, 9.17) is 14.2 Å². The minimum absolute atomic E-state index is 0.0257. The van der Waals surface area contributed by atoms with Gasteiger partial charge in [0.05, 0.1) is 14.2 Å². The molecule has 7 nitrogen and oxygen atoms in total. The topological polar surface area (TPSA) is 94.1 Å². The van der Waals surface area contributed by atoms with E-state index in [0.717, 1.165) is 5.56 Å². The lowest BCUT2D eigenvalue weighted by Gasteiger charge is -2.19. The number of aliphatic carboxylic acids is 1. The van der Waals surface area contributed by atoms with E-state index in [1.807, 2.05) is 18.2 Å². The van der Waals surface area contributed by atoms with E-state index in [9.17, 15) is 14.7 Å². The Kier molecular flexibility index (Phi) is 6.85. The Labute approximate surface area is 159 Å². The van der Waals surface area contributed by atoms with Crippen molar-refractivity contribution in [3.63, 3.8) is 0 Å². The van der Waals surface area contributed by atoms with E-state index in [2.05, 4.69) is 21.2 Å². The average molecular weight is 424 g/mol. The molecule has 0 saturated heterocycles. The lowest BCUT2D eigenvalue weighted by molar-refractivity contribution is -0.139. The van der Waals surface area contributed by atoms with Crippen LogP contribution < -0.4 is 14.8 Å². The summed E-state index contributed by atoms with van der Waals surface area (Å²) in [6, 6.07) is 10.9. The lowest BCUT2D eigenvalue weighted by atomic mass is 10.1. The van der Waals surface area contributed by atoms with E-state index < -0.39 is 18.1 Å². The Morgan fingerprint density at radius 1 is 1.15 bits per heavy atom. The second-order valence-electron chi connectivity index (χ2n) is 5.21. The average Bonchev–Trinajstić information content (AvgIpc) is 2.64. The number of hydrogen-bond donors (Lipinski definition) is 2. The number of hydrogen-bond acceptors (Lipinski definition) is 5. The first-order chi connectivity index (χ1) is 12.5. The van der Waals surface area contributed by atoms with Crippen molar-refractivity contribution < 1.29 is 28.9 Å². The molecule has 0 unspecified atom stereocenters. The molecule has 0 heterocycles. The van der Waals surface area contributed by atoms with Gasteiger partial charge in [-0.2, -0.15) is 0 Å². The van der Waals surface area contributed by atoms with Gasteiger partial charge in [-0.25, -0.2) is 9.59 Å². The third kappa shape index (κ3) is 4.89. The molecule has 2 N–H and O–H groups in total. The summed E-state index contributed by atoms with van der Waals surface area (Å²) in [7, 11) is 2.83. The number of alkyl carbamates (subject to hydrolysis) is 1. The molecule has 0 aliphatic rings. The van der Waals surface area contributed by atoms with Crippen LogP contribution in [-0.4, -0.2) is 31.4 Å². The molecule has 8 heteroatoms. The maximum atomic E-state index is 12.1. The van der Waals surface area contributed by atoms with Gasteiger partial charge in [-0.05, 0) is 17.7 Å². The first kappa shape index (κ1) is 19.6. The molecule has 2 aromatic rings. The van der Waals surface area contributed by atoms with Crippen molar-refractivity contribution in [1.29, 1.82) is 0 Å². The van der Waals surface area contributed by atoms with Crippen molar-refractivity contribution in [2.75, 3.05) is 14.2 Å². The Hall–Kier alpha value is -2.74. The number of ether oxygens (including phenoxy) is 3. The maximum Gasteiger partial charge on any atom is 0.408 e. The molecule has 138 valence electrons. The minimum Gasteiger partial charge on any atom is -0.493 e. The highest BCUT2D eigenvalue weighted by molar-refractivity contribution is 9.10. The number of methoxy groups -OCH3 is 2. The smallest absolute Gasteiger partial charge is 0.408 e. The molecule has 1 atom stereocenters. The van der Waals surface area contributed by atoms with Crippen LogP contribution in [0.5, 0.6) is 11.5 Å². The van der Waals surface area contributed by atoms with E-state index in [-0.39, 0.29) is 17.9 Å². The predicted octanol–water partition coefficient (Wildman–Crippen LogP) is 3.52. The number of carboxylic acid groups (broad SMARTS) is 1. The molecule has 0 bridgehead atoms. The van der Waals surface area contributed by atoms with Gasteiger partial charge in [0.1, 0.15) is 6.61 Å². The molecule has 0 saturated carbocycles. The summed E-state index contributed by atoms with van der Waals surface area (Å²) in [5, 5.41) is 11.9. The molecule has 2 aromatic carbocycles. The van der Waals surface area contributed by atoms with Crippen molar-refractivity contribution in [2.24, 2.45) is 0 Å². The van der Waals surface area contributed by atoms with Gasteiger partial charge < -0.3 is 24.6 Å². The van der Waals surface area contributed by atoms with Gasteiger partial charge >= 0.3 is 12.1 Å². The quantitative estimate of drug-likeness (QED) is 0.707. The molecule has 1 amide bonds. The molecule has 0 aliphatic carbocycles. The lowest BCUT2D eigenvalue weighted by Crippen LogP contribution is -2.34. The van der Waals surface area contributed by atoms with Gasteiger partial charge in [-0.15, -0.1) is 0 Å². The van der Waals surface area contributed by atoms with Crippen molar-refractivity contribution in [1.82, 2.24) is 5.32 Å². The number of benzene rings is 2. The van der Waals surface area contributed by atoms with Crippen molar-refractivity contribution >= 4 is 28.0 Å². The zero-order valence-electron chi connectivity index (χ0n) is 14.2. The number of carbonyl (C=O) groups is 2. The summed E-state index contributed by atoms with van der Waals surface area (Å²) in [5.74, 6) is -0.714. The van der Waals surface area contributed by atoms with Crippen LogP contribution in [0.25, 0.3) is 0 Å². The third-order valence-electron chi connectivity index (χ3n) is 3.51. The van der Waals surface area contributed by atoms with Gasteiger partial charge in [-0.1, -0.05) is 46.3 Å². The van der Waals surface area contributed by atoms with Gasteiger partial charge in [0.2, 0.25) is 0 Å². The Balaban J connectivity index is 2.20. The number of amides is 1. The molecule has 2 rings (SSSR count). The van der Waals surface area contributed by atoms with Crippen molar-refractivity contribution in [2.45, 2.75) is 12.6 Å². The highest BCUT2D eigenvalue weighted by atomic mass is 79.9. The first-order valence-corrected chi connectivity index (χ1v) is 8.37. The van der Waals surface area contributed by atoms with E-state index in [1.54, 1.807) is 18.2 Å². The monoisotopic (exact) mass is 423 g/mol. The first-order valence-electron chi connectivity index (χ1n) is 7.57. The summed E-state index contributed by atoms with van der Waals surface area (Å²) in [4.78, 5) is 23.8. The fourth-order valence-corrected chi connectivity index (χ4v) is 2.78. The molecule has 0 aliphatic heterocycles. The normalized spacial score (nSPS) is 11.3. The van der Waals surface area contributed by atoms with Gasteiger partial charge in [-0.3, -0.25) is 0 Å². The van der Waals surface area contributed by atoms with Crippen LogP contribution in [0.2, 0.25) is 0 Å². The summed E-state index contributed by atoms with van der Waals surface area (Å²) in [5.41, 5.74) is 1.01. The number of carbonyl (C=O) groups excluding carboxylic acids is 1. The van der Waals surface area contributed by atoms with Gasteiger partial charge in [0.25, 0.3) is 0 Å². The summed E-state index contributed by atoms with van der Waals surface area (Å²) in [6.45, 7) is 0.0257. The Morgan fingerprint density at radius 2 is 1.85 bits per heavy atom. The van der Waals surface area contributed by atoms with Crippen LogP contribution in [0.4, 0.5) is 4.79 Å². The Bertz CT molecular complexity index is 781. The van der Waals surface area contributed by atoms with Crippen molar-refractivity contribution in [3.8, 4) is 11.5 Å². The van der Waals surface area contributed by atoms with Crippen LogP contribution in [-0.2, 0) is 16.1 Å². The highest BCUT2D eigenvalue weighted by Crippen LogP contribution is 2.38. The Morgan fingerprint density at radius 3 is 2.42 bits per heavy atom. The van der Waals surface area contributed by atoms with E-state index in [0.29, 0.717) is 10.2 Å². The van der Waals surface area contributed by atoms with Crippen LogP contribution in [0, 0.1) is 0 Å². The van der Waals surface area contributed by atoms with Crippen molar-refractivity contribution in [3.05, 3.63) is 58.1 Å².